The van der Waals surface area contributed by atoms with Gasteiger partial charge in [-0.2, -0.15) is 0 Å². The number of aliphatic hydroxyl groups excluding tert-OH is 1. The van der Waals surface area contributed by atoms with Crippen molar-refractivity contribution in [3.63, 3.8) is 0 Å². The van der Waals surface area contributed by atoms with E-state index in [9.17, 15) is 9.90 Å². The number of hydrogen-bond donors (Lipinski definition) is 5. The van der Waals surface area contributed by atoms with Crippen molar-refractivity contribution in [2.75, 3.05) is 18.4 Å². The molecule has 0 spiro atoms. The zero-order chi connectivity index (χ0) is 25.1. The average Bonchev–Trinajstić information content (AvgIpc) is 3.50. The maximum atomic E-state index is 13.2. The highest BCUT2D eigenvalue weighted by atomic mass is 32.1. The first-order valence-electron chi connectivity index (χ1n) is 12.9. The lowest BCUT2D eigenvalue weighted by molar-refractivity contribution is 0.0939. The number of rotatable bonds is 9. The van der Waals surface area contributed by atoms with Crippen LogP contribution in [0.5, 0.6) is 0 Å². The Morgan fingerprint density at radius 2 is 1.97 bits per heavy atom. The molecule has 36 heavy (non-hydrogen) atoms. The minimum Gasteiger partial charge on any atom is -0.393 e. The molecular weight excluding hydrogens is 468 g/mol. The van der Waals surface area contributed by atoms with Crippen LogP contribution in [0.2, 0.25) is 0 Å². The van der Waals surface area contributed by atoms with Crippen molar-refractivity contribution in [1.82, 2.24) is 16.0 Å². The number of benzene rings is 2. The minimum atomic E-state index is -0.152. The number of anilines is 1. The lowest BCUT2D eigenvalue weighted by atomic mass is 10.0. The van der Waals surface area contributed by atoms with Crippen molar-refractivity contribution in [2.45, 2.75) is 63.9 Å². The number of nitrogens with one attached hydrogen (secondary N) is 4. The molecule has 3 atom stereocenters. The van der Waals surface area contributed by atoms with Gasteiger partial charge in [0.05, 0.1) is 18.2 Å². The number of carbonyl (C=O) groups is 1. The van der Waals surface area contributed by atoms with Gasteiger partial charge in [-0.15, -0.1) is 11.3 Å². The second-order valence-corrected chi connectivity index (χ2v) is 11.3. The molecule has 1 amide bonds. The average molecular weight is 505 g/mol. The third kappa shape index (κ3) is 5.98. The van der Waals surface area contributed by atoms with Gasteiger partial charge in [0.2, 0.25) is 0 Å². The fraction of sp³-hybridized carbons (Fsp3) is 0.414. The van der Waals surface area contributed by atoms with Gasteiger partial charge in [0.25, 0.3) is 5.91 Å². The molecule has 1 saturated heterocycles. The topological polar surface area (TPSA) is 85.4 Å². The number of amides is 1. The summed E-state index contributed by atoms with van der Waals surface area (Å²) in [5.41, 5.74) is 4.91. The Morgan fingerprint density at radius 3 is 2.72 bits per heavy atom. The predicted octanol–water partition coefficient (Wildman–Crippen LogP) is 4.60. The maximum Gasteiger partial charge on any atom is 0.252 e. The Kier molecular flexibility index (Phi) is 7.72. The zero-order valence-corrected chi connectivity index (χ0v) is 21.8. The van der Waals surface area contributed by atoms with Crippen LogP contribution in [0.1, 0.15) is 58.6 Å². The molecule has 2 fully saturated rings. The van der Waals surface area contributed by atoms with Crippen molar-refractivity contribution in [3.05, 3.63) is 76.2 Å². The van der Waals surface area contributed by atoms with E-state index in [-0.39, 0.29) is 18.1 Å². The molecule has 0 bridgehead atoms. The molecular formula is C29H36N4O2S. The van der Waals surface area contributed by atoms with Crippen LogP contribution in [0.4, 0.5) is 5.69 Å². The van der Waals surface area contributed by atoms with Crippen molar-refractivity contribution in [2.24, 2.45) is 0 Å². The SMILES string of the molecule is Cc1ccc(NC2CNC2)cc1C(=O)N[C@H](C)c1cccc(-c2ccc(CNC3CCC(O)C3)s2)c1. The highest BCUT2D eigenvalue weighted by Crippen LogP contribution is 2.30. The van der Waals surface area contributed by atoms with Gasteiger partial charge in [-0.1, -0.05) is 24.3 Å². The first-order valence-corrected chi connectivity index (χ1v) is 13.8. The molecule has 1 saturated carbocycles. The molecule has 5 N–H and O–H groups in total. The number of aryl methyl sites for hydroxylation is 1. The number of carbonyl (C=O) groups excluding carboxylic acids is 1. The molecule has 0 radical (unpaired) electrons. The van der Waals surface area contributed by atoms with Gasteiger partial charge in [0, 0.05) is 46.7 Å². The third-order valence-electron chi connectivity index (χ3n) is 7.28. The van der Waals surface area contributed by atoms with Crippen LogP contribution in [0.15, 0.2) is 54.6 Å². The largest absolute Gasteiger partial charge is 0.393 e. The van der Waals surface area contributed by atoms with Gasteiger partial charge >= 0.3 is 0 Å². The molecule has 3 aromatic rings. The number of hydrogen-bond acceptors (Lipinski definition) is 6. The third-order valence-corrected chi connectivity index (χ3v) is 8.42. The summed E-state index contributed by atoms with van der Waals surface area (Å²) < 4.78 is 0. The summed E-state index contributed by atoms with van der Waals surface area (Å²) in [5.74, 6) is -0.0534. The summed E-state index contributed by atoms with van der Waals surface area (Å²) in [6.07, 6.45) is 2.64. The fourth-order valence-electron chi connectivity index (χ4n) is 4.92. The van der Waals surface area contributed by atoms with Gasteiger partial charge in [-0.05, 0) is 80.1 Å². The number of thiophene rings is 1. The Bertz CT molecular complexity index is 1210. The highest BCUT2D eigenvalue weighted by molar-refractivity contribution is 7.15. The van der Waals surface area contributed by atoms with Crippen LogP contribution in [0, 0.1) is 6.92 Å². The summed E-state index contributed by atoms with van der Waals surface area (Å²) in [7, 11) is 0. The van der Waals surface area contributed by atoms with E-state index in [1.165, 1.54) is 9.75 Å². The lowest BCUT2D eigenvalue weighted by Crippen LogP contribution is -2.51. The summed E-state index contributed by atoms with van der Waals surface area (Å²) >= 11 is 1.79. The zero-order valence-electron chi connectivity index (χ0n) is 21.0. The molecule has 2 aliphatic rings. The van der Waals surface area contributed by atoms with Crippen LogP contribution in [0.25, 0.3) is 10.4 Å². The van der Waals surface area contributed by atoms with E-state index in [1.54, 1.807) is 11.3 Å². The van der Waals surface area contributed by atoms with Crippen LogP contribution in [-0.4, -0.2) is 42.3 Å². The Labute approximate surface area is 217 Å². The summed E-state index contributed by atoms with van der Waals surface area (Å²) in [6, 6.07) is 19.5. The van der Waals surface area contributed by atoms with Crippen LogP contribution in [-0.2, 0) is 6.54 Å². The van der Waals surface area contributed by atoms with Crippen LogP contribution < -0.4 is 21.3 Å². The summed E-state index contributed by atoms with van der Waals surface area (Å²) in [4.78, 5) is 15.7. The molecule has 1 aliphatic heterocycles. The standard InChI is InChI=1S/C29H36N4O2S/c1-18-6-7-23(33-24-15-30-16-24)14-27(18)29(35)32-19(2)20-4-3-5-21(12-20)28-11-10-26(36-28)17-31-22-8-9-25(34)13-22/h3-7,10-12,14,19,22,24-25,30-31,33-34H,8-9,13,15-17H2,1-2H3,(H,32,35)/t19-,22?,25?/m1/s1. The molecule has 190 valence electrons. The summed E-state index contributed by atoms with van der Waals surface area (Å²) in [6.45, 7) is 6.76. The smallest absolute Gasteiger partial charge is 0.252 e. The Morgan fingerprint density at radius 1 is 1.11 bits per heavy atom. The molecule has 2 aromatic carbocycles. The van der Waals surface area contributed by atoms with E-state index >= 15 is 0 Å². The van der Waals surface area contributed by atoms with Crippen molar-refractivity contribution >= 4 is 22.9 Å². The van der Waals surface area contributed by atoms with E-state index in [4.69, 9.17) is 0 Å². The van der Waals surface area contributed by atoms with E-state index in [0.717, 1.165) is 61.3 Å². The second-order valence-electron chi connectivity index (χ2n) is 10.2. The van der Waals surface area contributed by atoms with E-state index in [1.807, 2.05) is 32.0 Å². The quantitative estimate of drug-likeness (QED) is 0.294. The van der Waals surface area contributed by atoms with Gasteiger partial charge in [0.1, 0.15) is 0 Å². The first kappa shape index (κ1) is 25.0. The van der Waals surface area contributed by atoms with E-state index in [2.05, 4.69) is 57.7 Å². The van der Waals surface area contributed by atoms with Crippen molar-refractivity contribution in [1.29, 1.82) is 0 Å². The van der Waals surface area contributed by atoms with Crippen molar-refractivity contribution in [3.8, 4) is 10.4 Å². The summed E-state index contributed by atoms with van der Waals surface area (Å²) in [5, 5.41) is 23.3. The Hall–Kier alpha value is -2.71. The monoisotopic (exact) mass is 504 g/mol. The fourth-order valence-corrected chi connectivity index (χ4v) is 5.87. The predicted molar refractivity (Wildman–Crippen MR) is 148 cm³/mol. The maximum absolute atomic E-state index is 13.2. The Balaban J connectivity index is 1.22. The van der Waals surface area contributed by atoms with Gasteiger partial charge in [-0.3, -0.25) is 4.79 Å². The van der Waals surface area contributed by atoms with Gasteiger partial charge in [-0.25, -0.2) is 0 Å². The molecule has 2 unspecified atom stereocenters. The lowest BCUT2D eigenvalue weighted by Gasteiger charge is -2.29. The molecule has 7 heteroatoms. The molecule has 2 heterocycles. The van der Waals surface area contributed by atoms with Crippen LogP contribution >= 0.6 is 11.3 Å². The molecule has 6 nitrogen and oxygen atoms in total. The minimum absolute atomic E-state index is 0.0534. The molecule has 5 rings (SSSR count). The molecule has 1 aromatic heterocycles. The van der Waals surface area contributed by atoms with E-state index in [0.29, 0.717) is 17.6 Å². The van der Waals surface area contributed by atoms with Crippen molar-refractivity contribution < 1.29 is 9.90 Å². The number of aliphatic hydroxyl groups is 1. The second kappa shape index (κ2) is 11.1. The first-order chi connectivity index (χ1) is 17.4. The normalized spacial score (nSPS) is 20.6. The van der Waals surface area contributed by atoms with E-state index < -0.39 is 0 Å². The van der Waals surface area contributed by atoms with Crippen LogP contribution in [0.3, 0.4) is 0 Å². The van der Waals surface area contributed by atoms with Gasteiger partial charge in [0.15, 0.2) is 0 Å². The highest BCUT2D eigenvalue weighted by Gasteiger charge is 2.22. The van der Waals surface area contributed by atoms with Gasteiger partial charge < -0.3 is 26.4 Å². The molecule has 1 aliphatic carbocycles.